The van der Waals surface area contributed by atoms with Gasteiger partial charge in [-0.1, -0.05) is 19.3 Å². The molecule has 1 saturated carbocycles. The highest BCUT2D eigenvalue weighted by atomic mass is 35.5. The fourth-order valence-electron chi connectivity index (χ4n) is 2.39. The maximum Gasteiger partial charge on any atom is 0.199 e. The van der Waals surface area contributed by atoms with Crippen LogP contribution in [-0.4, -0.2) is 36.4 Å². The van der Waals surface area contributed by atoms with Crippen molar-refractivity contribution >= 4 is 23.1 Å². The number of hydrogen-bond acceptors (Lipinski definition) is 5. The second-order valence-corrected chi connectivity index (χ2v) is 5.21. The lowest BCUT2D eigenvalue weighted by molar-refractivity contribution is 0.620. The van der Waals surface area contributed by atoms with Crippen LogP contribution in [0.15, 0.2) is 12.4 Å². The van der Waals surface area contributed by atoms with Crippen LogP contribution in [0, 0.1) is 0 Å². The smallest absolute Gasteiger partial charge is 0.199 e. The molecular weight excluding hydrogens is 252 g/mol. The van der Waals surface area contributed by atoms with Gasteiger partial charge in [-0.05, 0) is 23.3 Å². The molecule has 1 fully saturated rings. The van der Waals surface area contributed by atoms with Crippen molar-refractivity contribution in [1.82, 2.24) is 25.0 Å². The van der Waals surface area contributed by atoms with E-state index < -0.39 is 0 Å². The lowest BCUT2D eigenvalue weighted by atomic mass is 10.1. The van der Waals surface area contributed by atoms with Crippen molar-refractivity contribution < 1.29 is 0 Å². The van der Waals surface area contributed by atoms with Gasteiger partial charge in [0.1, 0.15) is 0 Å². The molecule has 2 atom stereocenters. The normalized spacial score (nSPS) is 24.9. The van der Waals surface area contributed by atoms with Gasteiger partial charge in [-0.2, -0.15) is 4.52 Å². The zero-order chi connectivity index (χ0) is 12.4. The maximum absolute atomic E-state index is 6.42. The third kappa shape index (κ3) is 2.25. The standard InChI is InChI=1S/C11H15ClN6/c12-8-4-2-1-3-5-9(8)14-10-6-13-7-11-15-16-17-18(10)11/h6-9,14H,1-5H2. The Morgan fingerprint density at radius 1 is 1.22 bits per heavy atom. The number of tetrazole rings is 1. The first-order chi connectivity index (χ1) is 8.84. The quantitative estimate of drug-likeness (QED) is 0.664. The highest BCUT2D eigenvalue weighted by molar-refractivity contribution is 6.21. The van der Waals surface area contributed by atoms with Crippen LogP contribution < -0.4 is 5.32 Å². The number of alkyl halides is 1. The Morgan fingerprint density at radius 2 is 2.11 bits per heavy atom. The molecular formula is C11H15ClN6. The van der Waals surface area contributed by atoms with Crippen molar-refractivity contribution in [2.45, 2.75) is 43.5 Å². The fraction of sp³-hybridized carbons (Fsp3) is 0.636. The van der Waals surface area contributed by atoms with Gasteiger partial charge in [0.25, 0.3) is 0 Å². The lowest BCUT2D eigenvalue weighted by Gasteiger charge is -2.21. The van der Waals surface area contributed by atoms with Gasteiger partial charge in [0, 0.05) is 6.04 Å². The summed E-state index contributed by atoms with van der Waals surface area (Å²) in [5, 5.41) is 15.0. The second-order valence-electron chi connectivity index (χ2n) is 4.65. The van der Waals surface area contributed by atoms with Gasteiger partial charge in [-0.25, -0.2) is 0 Å². The van der Waals surface area contributed by atoms with E-state index in [0.717, 1.165) is 18.7 Å². The Balaban J connectivity index is 1.84. The fourth-order valence-corrected chi connectivity index (χ4v) is 2.73. The molecule has 0 aliphatic heterocycles. The van der Waals surface area contributed by atoms with E-state index in [1.807, 2.05) is 0 Å². The Labute approximate surface area is 110 Å². The average Bonchev–Trinajstić information content (AvgIpc) is 2.77. The van der Waals surface area contributed by atoms with Crippen LogP contribution in [0.4, 0.5) is 5.82 Å². The Kier molecular flexibility index (Phi) is 3.27. The lowest BCUT2D eigenvalue weighted by Crippen LogP contribution is -2.29. The van der Waals surface area contributed by atoms with Crippen LogP contribution >= 0.6 is 11.6 Å². The van der Waals surface area contributed by atoms with E-state index in [2.05, 4.69) is 25.8 Å². The third-order valence-corrected chi connectivity index (χ3v) is 3.90. The molecule has 18 heavy (non-hydrogen) atoms. The molecule has 0 saturated heterocycles. The molecule has 1 aliphatic carbocycles. The van der Waals surface area contributed by atoms with Crippen molar-refractivity contribution in [1.29, 1.82) is 0 Å². The molecule has 0 aromatic carbocycles. The molecule has 2 heterocycles. The first-order valence-electron chi connectivity index (χ1n) is 6.27. The summed E-state index contributed by atoms with van der Waals surface area (Å²) in [6, 6.07) is 0.255. The summed E-state index contributed by atoms with van der Waals surface area (Å²) in [6.45, 7) is 0. The van der Waals surface area contributed by atoms with E-state index in [9.17, 15) is 0 Å². The molecule has 0 radical (unpaired) electrons. The molecule has 3 rings (SSSR count). The van der Waals surface area contributed by atoms with Gasteiger partial charge in [-0.3, -0.25) is 4.98 Å². The molecule has 2 aromatic heterocycles. The Morgan fingerprint density at radius 3 is 3.06 bits per heavy atom. The van der Waals surface area contributed by atoms with Crippen LogP contribution in [0.25, 0.3) is 5.65 Å². The van der Waals surface area contributed by atoms with Crippen LogP contribution in [0.5, 0.6) is 0 Å². The number of halogens is 1. The molecule has 2 aromatic rings. The van der Waals surface area contributed by atoms with E-state index >= 15 is 0 Å². The number of nitrogens with zero attached hydrogens (tertiary/aromatic N) is 5. The summed E-state index contributed by atoms with van der Waals surface area (Å²) in [6.07, 6.45) is 9.17. The van der Waals surface area contributed by atoms with Crippen LogP contribution in [0.3, 0.4) is 0 Å². The highest BCUT2D eigenvalue weighted by Crippen LogP contribution is 2.25. The van der Waals surface area contributed by atoms with Crippen LogP contribution in [0.2, 0.25) is 0 Å². The summed E-state index contributed by atoms with van der Waals surface area (Å²) >= 11 is 6.42. The Bertz CT molecular complexity index is 527. The minimum atomic E-state index is 0.152. The zero-order valence-electron chi connectivity index (χ0n) is 9.96. The maximum atomic E-state index is 6.42. The number of rotatable bonds is 2. The summed E-state index contributed by atoms with van der Waals surface area (Å²) in [4.78, 5) is 4.13. The topological polar surface area (TPSA) is 68.0 Å². The van der Waals surface area contributed by atoms with Crippen molar-refractivity contribution in [2.24, 2.45) is 0 Å². The summed E-state index contributed by atoms with van der Waals surface area (Å²) in [5.41, 5.74) is 0.639. The number of anilines is 1. The third-order valence-electron chi connectivity index (χ3n) is 3.37. The van der Waals surface area contributed by atoms with Gasteiger partial charge in [-0.15, -0.1) is 16.7 Å². The predicted molar refractivity (Wildman–Crippen MR) is 68.7 cm³/mol. The van der Waals surface area contributed by atoms with E-state index in [1.54, 1.807) is 16.9 Å². The largest absolute Gasteiger partial charge is 0.364 e. The minimum Gasteiger partial charge on any atom is -0.364 e. The number of hydrogen-bond donors (Lipinski definition) is 1. The van der Waals surface area contributed by atoms with Crippen molar-refractivity contribution in [3.05, 3.63) is 12.4 Å². The van der Waals surface area contributed by atoms with E-state index in [0.29, 0.717) is 5.65 Å². The minimum absolute atomic E-state index is 0.152. The molecule has 0 bridgehead atoms. The van der Waals surface area contributed by atoms with Crippen LogP contribution in [-0.2, 0) is 0 Å². The van der Waals surface area contributed by atoms with Gasteiger partial charge >= 0.3 is 0 Å². The van der Waals surface area contributed by atoms with Gasteiger partial charge < -0.3 is 5.32 Å². The zero-order valence-corrected chi connectivity index (χ0v) is 10.7. The number of nitrogens with one attached hydrogen (secondary N) is 1. The van der Waals surface area contributed by atoms with Crippen LogP contribution in [0.1, 0.15) is 32.1 Å². The van der Waals surface area contributed by atoms with E-state index in [4.69, 9.17) is 11.6 Å². The molecule has 0 amide bonds. The van der Waals surface area contributed by atoms with Crippen molar-refractivity contribution in [2.75, 3.05) is 5.32 Å². The highest BCUT2D eigenvalue weighted by Gasteiger charge is 2.22. The molecule has 6 nitrogen and oxygen atoms in total. The predicted octanol–water partition coefficient (Wildman–Crippen LogP) is 1.87. The van der Waals surface area contributed by atoms with Gasteiger partial charge in [0.2, 0.25) is 0 Å². The first-order valence-corrected chi connectivity index (χ1v) is 6.71. The summed E-state index contributed by atoms with van der Waals surface area (Å²) < 4.78 is 1.65. The number of aromatic nitrogens is 5. The van der Waals surface area contributed by atoms with Crippen molar-refractivity contribution in [3.63, 3.8) is 0 Å². The average molecular weight is 267 g/mol. The monoisotopic (exact) mass is 266 g/mol. The first kappa shape index (κ1) is 11.6. The molecule has 2 unspecified atom stereocenters. The number of fused-ring (bicyclic) bond motifs is 1. The Hall–Kier alpha value is -1.43. The van der Waals surface area contributed by atoms with E-state index in [1.165, 1.54) is 19.3 Å². The molecule has 0 spiro atoms. The second kappa shape index (κ2) is 5.06. The SMILES string of the molecule is ClC1CCCCCC1Nc1cncc2nnnn12. The summed E-state index contributed by atoms with van der Waals surface area (Å²) in [7, 11) is 0. The van der Waals surface area contributed by atoms with Gasteiger partial charge in [0.15, 0.2) is 11.5 Å². The van der Waals surface area contributed by atoms with Crippen molar-refractivity contribution in [3.8, 4) is 0 Å². The summed E-state index contributed by atoms with van der Waals surface area (Å²) in [5.74, 6) is 0.801. The molecule has 1 N–H and O–H groups in total. The molecule has 1 aliphatic rings. The molecule has 96 valence electrons. The van der Waals surface area contributed by atoms with E-state index in [-0.39, 0.29) is 11.4 Å². The molecule has 7 heteroatoms. The van der Waals surface area contributed by atoms with Gasteiger partial charge in [0.05, 0.1) is 17.8 Å².